The van der Waals surface area contributed by atoms with E-state index in [-0.39, 0.29) is 11.7 Å². The Hall–Kier alpha value is -1.81. The number of carbonyl (C=O) groups is 1. The summed E-state index contributed by atoms with van der Waals surface area (Å²) in [6, 6.07) is 4.04. The van der Waals surface area contributed by atoms with Crippen LogP contribution in [0.3, 0.4) is 0 Å². The van der Waals surface area contributed by atoms with Crippen molar-refractivity contribution >= 4 is 11.5 Å². The van der Waals surface area contributed by atoms with Crippen LogP contribution in [0.1, 0.15) is 43.0 Å². The number of nitrogens with zero attached hydrogens (tertiary/aromatic N) is 1. The third-order valence-electron chi connectivity index (χ3n) is 3.91. The van der Waals surface area contributed by atoms with E-state index in [9.17, 15) is 9.90 Å². The average Bonchev–Trinajstić information content (AvgIpc) is 2.52. The molecule has 1 amide bonds. The van der Waals surface area contributed by atoms with Gasteiger partial charge >= 0.3 is 0 Å². The van der Waals surface area contributed by atoms with Crippen molar-refractivity contribution in [2.75, 3.05) is 6.61 Å². The van der Waals surface area contributed by atoms with Crippen molar-refractivity contribution in [3.8, 4) is 0 Å². The Kier molecular flexibility index (Phi) is 3.85. The van der Waals surface area contributed by atoms with E-state index < -0.39 is 5.54 Å². The van der Waals surface area contributed by atoms with Gasteiger partial charge in [0.1, 0.15) is 11.3 Å². The van der Waals surface area contributed by atoms with Gasteiger partial charge in [-0.15, -0.1) is 0 Å². The first kappa shape index (κ1) is 15.6. The van der Waals surface area contributed by atoms with E-state index in [2.05, 4.69) is 0 Å². The van der Waals surface area contributed by atoms with Crippen LogP contribution in [0.25, 0.3) is 5.57 Å². The third-order valence-corrected chi connectivity index (χ3v) is 3.91. The molecule has 1 heterocycles. The zero-order chi connectivity index (χ0) is 15.9. The van der Waals surface area contributed by atoms with Crippen LogP contribution < -0.4 is 0 Å². The molecular weight excluding hydrogens is 266 g/mol. The molecule has 1 aliphatic rings. The van der Waals surface area contributed by atoms with E-state index in [0.717, 1.165) is 22.3 Å². The van der Waals surface area contributed by atoms with Gasteiger partial charge in [0.25, 0.3) is 5.91 Å². The van der Waals surface area contributed by atoms with Gasteiger partial charge in [0.15, 0.2) is 0 Å². The first-order chi connectivity index (χ1) is 9.71. The molecule has 0 fully saturated rings. The van der Waals surface area contributed by atoms with E-state index in [0.29, 0.717) is 12.2 Å². The number of carbonyl (C=O) groups excluding carboxylic acids is 1. The molecule has 0 aliphatic carbocycles. The first-order valence-electron chi connectivity index (χ1n) is 7.21. The maximum absolute atomic E-state index is 12.7. The van der Waals surface area contributed by atoms with E-state index in [1.54, 1.807) is 13.8 Å². The molecule has 4 nitrogen and oxygen atoms in total. The molecule has 114 valence electrons. The fraction of sp³-hybridized carbons (Fsp3) is 0.471. The number of aryl methyl sites for hydroxylation is 3. The molecule has 4 heteroatoms. The predicted molar refractivity (Wildman–Crippen MR) is 82.8 cm³/mol. The lowest BCUT2D eigenvalue weighted by Gasteiger charge is -2.30. The largest absolute Gasteiger partial charge is 0.509 e. The highest BCUT2D eigenvalue weighted by atomic mass is 16.7. The summed E-state index contributed by atoms with van der Waals surface area (Å²) in [6.45, 7) is 11.7. The van der Waals surface area contributed by atoms with Gasteiger partial charge in [-0.05, 0) is 58.2 Å². The highest BCUT2D eigenvalue weighted by molar-refractivity contribution is 6.23. The van der Waals surface area contributed by atoms with Gasteiger partial charge in [-0.3, -0.25) is 9.63 Å². The normalized spacial score (nSPS) is 17.8. The fourth-order valence-corrected chi connectivity index (χ4v) is 3.01. The Morgan fingerprint density at radius 2 is 1.71 bits per heavy atom. The van der Waals surface area contributed by atoms with Gasteiger partial charge in [0.2, 0.25) is 0 Å². The zero-order valence-electron chi connectivity index (χ0n) is 13.6. The quantitative estimate of drug-likeness (QED) is 0.927. The molecule has 2 rings (SSSR count). The molecule has 1 aromatic carbocycles. The molecule has 0 atom stereocenters. The van der Waals surface area contributed by atoms with E-state index >= 15 is 0 Å². The zero-order valence-corrected chi connectivity index (χ0v) is 13.6. The maximum atomic E-state index is 12.7. The standard InChI is InChI=1S/C17H23NO3/c1-7-21-18-16(20)14(15(19)17(18,5)6)13-11(3)8-10(2)9-12(13)4/h8-9,19H,7H2,1-6H3. The van der Waals surface area contributed by atoms with Gasteiger partial charge in [-0.1, -0.05) is 17.7 Å². The summed E-state index contributed by atoms with van der Waals surface area (Å²) in [5.41, 5.74) is 3.40. The number of aliphatic hydroxyl groups is 1. The second-order valence-electron chi connectivity index (χ2n) is 6.07. The highest BCUT2D eigenvalue weighted by Gasteiger charge is 2.48. The molecule has 1 aliphatic heterocycles. The minimum Gasteiger partial charge on any atom is -0.509 e. The number of hydrogen-bond acceptors (Lipinski definition) is 3. The SMILES string of the molecule is CCON1C(=O)C(c2c(C)cc(C)cc2C)=C(O)C1(C)C. The highest BCUT2D eigenvalue weighted by Crippen LogP contribution is 2.40. The van der Waals surface area contributed by atoms with Crippen LogP contribution in [0, 0.1) is 20.8 Å². The van der Waals surface area contributed by atoms with Crippen LogP contribution in [-0.4, -0.2) is 28.2 Å². The molecule has 1 N–H and O–H groups in total. The summed E-state index contributed by atoms with van der Waals surface area (Å²) in [6.07, 6.45) is 0. The van der Waals surface area contributed by atoms with Gasteiger partial charge in [-0.25, -0.2) is 5.06 Å². The van der Waals surface area contributed by atoms with Crippen molar-refractivity contribution in [1.82, 2.24) is 5.06 Å². The summed E-state index contributed by atoms with van der Waals surface area (Å²) in [7, 11) is 0. The minimum absolute atomic E-state index is 0.0657. The third kappa shape index (κ3) is 2.33. The second kappa shape index (κ2) is 5.19. The van der Waals surface area contributed by atoms with Gasteiger partial charge in [0, 0.05) is 0 Å². The molecule has 0 saturated heterocycles. The monoisotopic (exact) mass is 289 g/mol. The number of rotatable bonds is 3. The van der Waals surface area contributed by atoms with Crippen molar-refractivity contribution in [3.63, 3.8) is 0 Å². The number of amides is 1. The predicted octanol–water partition coefficient (Wildman–Crippen LogP) is 3.45. The van der Waals surface area contributed by atoms with Crippen LogP contribution >= 0.6 is 0 Å². The van der Waals surface area contributed by atoms with E-state index in [1.165, 1.54) is 5.06 Å². The van der Waals surface area contributed by atoms with Crippen molar-refractivity contribution < 1.29 is 14.7 Å². The van der Waals surface area contributed by atoms with Crippen molar-refractivity contribution in [3.05, 3.63) is 40.1 Å². The van der Waals surface area contributed by atoms with Crippen LogP contribution in [0.4, 0.5) is 0 Å². The first-order valence-corrected chi connectivity index (χ1v) is 7.21. The summed E-state index contributed by atoms with van der Waals surface area (Å²) in [5.74, 6) is -0.217. The van der Waals surface area contributed by atoms with Crippen molar-refractivity contribution in [1.29, 1.82) is 0 Å². The molecule has 0 spiro atoms. The van der Waals surface area contributed by atoms with Gasteiger partial charge < -0.3 is 5.11 Å². The molecule has 0 radical (unpaired) electrons. The Morgan fingerprint density at radius 1 is 1.19 bits per heavy atom. The number of aliphatic hydroxyl groups excluding tert-OH is 1. The van der Waals surface area contributed by atoms with Crippen molar-refractivity contribution in [2.24, 2.45) is 0 Å². The number of hydroxylamine groups is 2. The summed E-state index contributed by atoms with van der Waals surface area (Å²) in [4.78, 5) is 18.1. The molecule has 1 aromatic rings. The lowest BCUT2D eigenvalue weighted by Crippen LogP contribution is -2.43. The lowest BCUT2D eigenvalue weighted by atomic mass is 9.91. The molecule has 0 aromatic heterocycles. The fourth-order valence-electron chi connectivity index (χ4n) is 3.01. The van der Waals surface area contributed by atoms with E-state index in [1.807, 2.05) is 39.8 Å². The summed E-state index contributed by atoms with van der Waals surface area (Å²) >= 11 is 0. The topological polar surface area (TPSA) is 49.8 Å². The molecular formula is C17H23NO3. The lowest BCUT2D eigenvalue weighted by molar-refractivity contribution is -0.201. The van der Waals surface area contributed by atoms with Crippen LogP contribution in [0.5, 0.6) is 0 Å². The van der Waals surface area contributed by atoms with E-state index in [4.69, 9.17) is 4.84 Å². The van der Waals surface area contributed by atoms with Gasteiger partial charge in [-0.2, -0.15) is 0 Å². The molecule has 21 heavy (non-hydrogen) atoms. The van der Waals surface area contributed by atoms with Crippen LogP contribution in [0.2, 0.25) is 0 Å². The Balaban J connectivity index is 2.64. The summed E-state index contributed by atoms with van der Waals surface area (Å²) in [5, 5.41) is 11.9. The molecule has 0 bridgehead atoms. The van der Waals surface area contributed by atoms with Gasteiger partial charge in [0.05, 0.1) is 12.2 Å². The molecule has 0 saturated carbocycles. The minimum atomic E-state index is -0.855. The Labute approximate surface area is 126 Å². The summed E-state index contributed by atoms with van der Waals surface area (Å²) < 4.78 is 0. The average molecular weight is 289 g/mol. The smallest absolute Gasteiger partial charge is 0.282 e. The molecule has 0 unspecified atom stereocenters. The van der Waals surface area contributed by atoms with Crippen LogP contribution in [0.15, 0.2) is 17.9 Å². The van der Waals surface area contributed by atoms with Crippen molar-refractivity contribution in [2.45, 2.75) is 47.1 Å². The number of benzene rings is 1. The Bertz CT molecular complexity index is 606. The van der Waals surface area contributed by atoms with Crippen LogP contribution in [-0.2, 0) is 9.63 Å². The second-order valence-corrected chi connectivity index (χ2v) is 6.07. The Morgan fingerprint density at radius 3 is 2.19 bits per heavy atom. The maximum Gasteiger partial charge on any atom is 0.282 e. The number of hydrogen-bond donors (Lipinski definition) is 1.